The molecule has 0 aliphatic carbocycles. The fourth-order valence-corrected chi connectivity index (χ4v) is 3.03. The van der Waals surface area contributed by atoms with Crippen molar-refractivity contribution in [3.63, 3.8) is 0 Å². The second-order valence-corrected chi connectivity index (χ2v) is 6.34. The topological polar surface area (TPSA) is 58.4 Å². The molecule has 0 spiro atoms. The molecular weight excluding hydrogens is 361 g/mol. The Morgan fingerprint density at radius 2 is 1.74 bits per heavy atom. The smallest absolute Gasteiger partial charge is 0.336 e. The van der Waals surface area contributed by atoms with Gasteiger partial charge in [-0.15, -0.1) is 0 Å². The lowest BCUT2D eigenvalue weighted by Crippen LogP contribution is -2.39. The van der Waals surface area contributed by atoms with Gasteiger partial charge in [-0.3, -0.25) is 14.5 Å². The Labute approximate surface area is 153 Å². The Morgan fingerprint density at radius 1 is 1.00 bits per heavy atom. The Bertz CT molecular complexity index is 852. The standard InChI is InChI=1S/C18H19F3N4O2/c19-18(20,21)13-23-9-4-10-24(12-11-23)17(27)15-7-8-16(26)25(22-15)14-5-2-1-3-6-14/h1-3,5-8H,4,9-13H2. The Hall–Kier alpha value is -2.68. The Morgan fingerprint density at radius 3 is 2.44 bits per heavy atom. The van der Waals surface area contributed by atoms with E-state index < -0.39 is 18.6 Å². The number of carbonyl (C=O) groups excluding carboxylic acids is 1. The van der Waals surface area contributed by atoms with Crippen molar-refractivity contribution >= 4 is 5.91 Å². The molecule has 0 unspecified atom stereocenters. The van der Waals surface area contributed by atoms with Crippen molar-refractivity contribution in [1.29, 1.82) is 0 Å². The summed E-state index contributed by atoms with van der Waals surface area (Å²) < 4.78 is 38.9. The highest BCUT2D eigenvalue weighted by atomic mass is 19.4. The lowest BCUT2D eigenvalue weighted by molar-refractivity contribution is -0.145. The van der Waals surface area contributed by atoms with Crippen molar-refractivity contribution in [1.82, 2.24) is 19.6 Å². The summed E-state index contributed by atoms with van der Waals surface area (Å²) in [6.07, 6.45) is -3.81. The molecule has 1 aromatic carbocycles. The molecule has 1 aliphatic rings. The van der Waals surface area contributed by atoms with Crippen LogP contribution in [0.2, 0.25) is 0 Å². The molecule has 2 heterocycles. The Balaban J connectivity index is 1.75. The molecule has 0 radical (unpaired) electrons. The van der Waals surface area contributed by atoms with E-state index in [0.29, 0.717) is 18.7 Å². The summed E-state index contributed by atoms with van der Waals surface area (Å²) in [5.41, 5.74) is 0.247. The highest BCUT2D eigenvalue weighted by Crippen LogP contribution is 2.18. The number of alkyl halides is 3. The first kappa shape index (κ1) is 19.1. The summed E-state index contributed by atoms with van der Waals surface area (Å²) in [4.78, 5) is 27.6. The number of hydrogen-bond donors (Lipinski definition) is 0. The first-order chi connectivity index (χ1) is 12.8. The number of nitrogens with zero attached hydrogens (tertiary/aromatic N) is 4. The average Bonchev–Trinajstić information content (AvgIpc) is 2.86. The minimum Gasteiger partial charge on any atom is -0.336 e. The fourth-order valence-electron chi connectivity index (χ4n) is 3.03. The van der Waals surface area contributed by atoms with E-state index in [0.717, 1.165) is 4.68 Å². The molecule has 1 aliphatic heterocycles. The van der Waals surface area contributed by atoms with E-state index in [1.165, 1.54) is 21.9 Å². The largest absolute Gasteiger partial charge is 0.401 e. The molecule has 0 saturated carbocycles. The van der Waals surface area contributed by atoms with Crippen LogP contribution >= 0.6 is 0 Å². The molecule has 2 aromatic rings. The van der Waals surface area contributed by atoms with Crippen LogP contribution in [0, 0.1) is 0 Å². The van der Waals surface area contributed by atoms with Crippen molar-refractivity contribution in [2.75, 3.05) is 32.7 Å². The molecule has 9 heteroatoms. The van der Waals surface area contributed by atoms with E-state index >= 15 is 0 Å². The molecule has 1 amide bonds. The maximum atomic E-state index is 12.7. The van der Waals surface area contributed by atoms with Crippen LogP contribution in [0.25, 0.3) is 5.69 Å². The van der Waals surface area contributed by atoms with E-state index in [2.05, 4.69) is 5.10 Å². The average molecular weight is 380 g/mol. The summed E-state index contributed by atoms with van der Waals surface area (Å²) >= 11 is 0. The number of aromatic nitrogens is 2. The van der Waals surface area contributed by atoms with Crippen LogP contribution in [0.15, 0.2) is 47.3 Å². The third-order valence-corrected chi connectivity index (χ3v) is 4.30. The second-order valence-electron chi connectivity index (χ2n) is 6.34. The lowest BCUT2D eigenvalue weighted by Gasteiger charge is -2.22. The van der Waals surface area contributed by atoms with Crippen molar-refractivity contribution in [2.45, 2.75) is 12.6 Å². The fraction of sp³-hybridized carbons (Fsp3) is 0.389. The maximum Gasteiger partial charge on any atom is 0.401 e. The van der Waals surface area contributed by atoms with Crippen LogP contribution in [-0.4, -0.2) is 64.4 Å². The van der Waals surface area contributed by atoms with Gasteiger partial charge in [0.2, 0.25) is 0 Å². The monoisotopic (exact) mass is 380 g/mol. The highest BCUT2D eigenvalue weighted by Gasteiger charge is 2.32. The van der Waals surface area contributed by atoms with Crippen LogP contribution in [0.3, 0.4) is 0 Å². The third-order valence-electron chi connectivity index (χ3n) is 4.30. The third kappa shape index (κ3) is 4.94. The van der Waals surface area contributed by atoms with Crippen LogP contribution in [0.1, 0.15) is 16.9 Å². The summed E-state index contributed by atoms with van der Waals surface area (Å²) in [7, 11) is 0. The van der Waals surface area contributed by atoms with Gasteiger partial charge in [0.05, 0.1) is 12.2 Å². The highest BCUT2D eigenvalue weighted by molar-refractivity contribution is 5.92. The molecule has 0 N–H and O–H groups in total. The van der Waals surface area contributed by atoms with Gasteiger partial charge in [-0.05, 0) is 24.6 Å². The van der Waals surface area contributed by atoms with Crippen LogP contribution < -0.4 is 5.56 Å². The predicted octanol–water partition coefficient (Wildman–Crippen LogP) is 1.94. The van der Waals surface area contributed by atoms with Crippen LogP contribution in [-0.2, 0) is 0 Å². The summed E-state index contributed by atoms with van der Waals surface area (Å²) in [6.45, 7) is -0.0314. The van der Waals surface area contributed by atoms with E-state index in [1.807, 2.05) is 0 Å². The normalized spacial score (nSPS) is 16.2. The van der Waals surface area contributed by atoms with E-state index in [4.69, 9.17) is 0 Å². The molecule has 1 fully saturated rings. The van der Waals surface area contributed by atoms with Gasteiger partial charge in [-0.2, -0.15) is 23.0 Å². The number of rotatable bonds is 3. The van der Waals surface area contributed by atoms with E-state index in [-0.39, 0.29) is 30.9 Å². The van der Waals surface area contributed by atoms with Gasteiger partial charge in [0.15, 0.2) is 0 Å². The summed E-state index contributed by atoms with van der Waals surface area (Å²) in [5.74, 6) is -0.395. The maximum absolute atomic E-state index is 12.7. The van der Waals surface area contributed by atoms with Crippen molar-refractivity contribution in [2.24, 2.45) is 0 Å². The van der Waals surface area contributed by atoms with Gasteiger partial charge < -0.3 is 4.90 Å². The molecule has 0 bridgehead atoms. The summed E-state index contributed by atoms with van der Waals surface area (Å²) in [6, 6.07) is 11.3. The number of benzene rings is 1. The zero-order valence-electron chi connectivity index (χ0n) is 14.5. The molecule has 3 rings (SSSR count). The quantitative estimate of drug-likeness (QED) is 0.817. The van der Waals surface area contributed by atoms with Gasteiger partial charge in [-0.25, -0.2) is 0 Å². The second kappa shape index (κ2) is 7.91. The zero-order chi connectivity index (χ0) is 19.4. The first-order valence-electron chi connectivity index (χ1n) is 8.58. The van der Waals surface area contributed by atoms with Crippen molar-refractivity contribution in [3.8, 4) is 5.69 Å². The van der Waals surface area contributed by atoms with Crippen LogP contribution in [0.4, 0.5) is 13.2 Å². The molecule has 27 heavy (non-hydrogen) atoms. The van der Waals surface area contributed by atoms with Crippen molar-refractivity contribution in [3.05, 3.63) is 58.5 Å². The number of halogens is 3. The lowest BCUT2D eigenvalue weighted by atomic mass is 10.3. The Kier molecular flexibility index (Phi) is 5.59. The molecule has 1 aromatic heterocycles. The van der Waals surface area contributed by atoms with Gasteiger partial charge in [-0.1, -0.05) is 18.2 Å². The minimum atomic E-state index is -4.26. The number of amides is 1. The number of para-hydroxylation sites is 1. The van der Waals surface area contributed by atoms with Crippen LogP contribution in [0.5, 0.6) is 0 Å². The van der Waals surface area contributed by atoms with Gasteiger partial charge >= 0.3 is 6.18 Å². The predicted molar refractivity (Wildman–Crippen MR) is 92.8 cm³/mol. The molecule has 6 nitrogen and oxygen atoms in total. The SMILES string of the molecule is O=C(c1ccc(=O)n(-c2ccccc2)n1)N1CCCN(CC(F)(F)F)CC1. The van der Waals surface area contributed by atoms with Gasteiger partial charge in [0, 0.05) is 32.2 Å². The van der Waals surface area contributed by atoms with Crippen molar-refractivity contribution < 1.29 is 18.0 Å². The van der Waals surface area contributed by atoms with E-state index in [1.54, 1.807) is 30.3 Å². The van der Waals surface area contributed by atoms with Gasteiger partial charge in [0.1, 0.15) is 5.69 Å². The molecule has 0 atom stereocenters. The van der Waals surface area contributed by atoms with E-state index in [9.17, 15) is 22.8 Å². The molecule has 144 valence electrons. The number of hydrogen-bond acceptors (Lipinski definition) is 4. The van der Waals surface area contributed by atoms with Gasteiger partial charge in [0.25, 0.3) is 11.5 Å². The minimum absolute atomic E-state index is 0.0859. The zero-order valence-corrected chi connectivity index (χ0v) is 14.5. The first-order valence-corrected chi connectivity index (χ1v) is 8.58. The molecule has 1 saturated heterocycles. The summed E-state index contributed by atoms with van der Waals surface area (Å²) in [5, 5.41) is 4.15. The number of carbonyl (C=O) groups is 1. The molecular formula is C18H19F3N4O2.